The number of ether oxygens (including phenoxy) is 1. The molecule has 0 N–H and O–H groups in total. The number of carbonyl (C=O) groups is 2. The first kappa shape index (κ1) is 30.0. The van der Waals surface area contributed by atoms with E-state index in [0.717, 1.165) is 44.3 Å². The first-order valence-electron chi connectivity index (χ1n) is 17.2. The Morgan fingerprint density at radius 2 is 0.920 bits per heavy atom. The van der Waals surface area contributed by atoms with Gasteiger partial charge in [-0.2, -0.15) is 0 Å². The summed E-state index contributed by atoms with van der Waals surface area (Å²) in [4.78, 5) is 34.2. The first-order chi connectivity index (χ1) is 24.3. The van der Waals surface area contributed by atoms with Gasteiger partial charge in [0, 0.05) is 10.8 Å². The van der Waals surface area contributed by atoms with Gasteiger partial charge in [-0.1, -0.05) is 107 Å². The van der Waals surface area contributed by atoms with Gasteiger partial charge in [-0.15, -0.1) is 0 Å². The number of benzene rings is 6. The summed E-state index contributed by atoms with van der Waals surface area (Å²) in [6.07, 6.45) is 0. The van der Waals surface area contributed by atoms with Gasteiger partial charge in [0.05, 0.1) is 50.6 Å². The molecule has 6 aromatic carbocycles. The lowest BCUT2D eigenvalue weighted by molar-refractivity contribution is 0.0925. The molecule has 9 rings (SSSR count). The highest BCUT2D eigenvalue weighted by Gasteiger charge is 2.45. The summed E-state index contributed by atoms with van der Waals surface area (Å²) in [6, 6.07) is 42.2. The predicted octanol–water partition coefficient (Wildman–Crippen LogP) is 11.4. The third-order valence-electron chi connectivity index (χ3n) is 10.1. The Hall–Kier alpha value is -6.14. The quantitative estimate of drug-likeness (QED) is 0.173. The molecule has 3 heterocycles. The summed E-state index contributed by atoms with van der Waals surface area (Å²) in [5.74, 6) is 0.858. The molecule has 0 unspecified atom stereocenters. The molecule has 0 saturated heterocycles. The van der Waals surface area contributed by atoms with Crippen molar-refractivity contribution in [1.82, 2.24) is 4.57 Å². The lowest BCUT2D eigenvalue weighted by atomic mass is 9.92. The van der Waals surface area contributed by atoms with E-state index in [9.17, 15) is 0 Å². The highest BCUT2D eigenvalue weighted by molar-refractivity contribution is 6.38. The Bertz CT molecular complexity index is 2420. The van der Waals surface area contributed by atoms with Crippen LogP contribution in [0.5, 0.6) is 11.5 Å². The van der Waals surface area contributed by atoms with Crippen LogP contribution in [0.2, 0.25) is 0 Å². The fraction of sp³-hybridized carbons (Fsp3) is 0.136. The van der Waals surface area contributed by atoms with Crippen LogP contribution in [0.3, 0.4) is 0 Å². The number of carbonyl (C=O) groups excluding carboxylic acids is 2. The predicted molar refractivity (Wildman–Crippen MR) is 201 cm³/mol. The lowest BCUT2D eigenvalue weighted by Crippen LogP contribution is -2.32. The largest absolute Gasteiger partial charge is 0.453 e. The molecule has 244 valence electrons. The zero-order valence-electron chi connectivity index (χ0n) is 28.3. The zero-order chi connectivity index (χ0) is 34.3. The molecule has 0 bridgehead atoms. The topological polar surface area (TPSA) is 54.8 Å². The van der Waals surface area contributed by atoms with E-state index in [-0.39, 0.29) is 23.7 Å². The van der Waals surface area contributed by atoms with Crippen LogP contribution < -0.4 is 14.5 Å². The van der Waals surface area contributed by atoms with Crippen molar-refractivity contribution in [2.75, 3.05) is 9.80 Å². The van der Waals surface area contributed by atoms with Crippen LogP contribution in [0.1, 0.15) is 71.4 Å². The van der Waals surface area contributed by atoms with Crippen molar-refractivity contribution in [3.05, 3.63) is 150 Å². The van der Waals surface area contributed by atoms with Crippen molar-refractivity contribution < 1.29 is 14.3 Å². The average Bonchev–Trinajstić information content (AvgIpc) is 3.61. The van der Waals surface area contributed by atoms with E-state index < -0.39 is 0 Å². The Kier molecular flexibility index (Phi) is 6.71. The van der Waals surface area contributed by atoms with Crippen molar-refractivity contribution in [3.63, 3.8) is 0 Å². The van der Waals surface area contributed by atoms with E-state index in [1.165, 1.54) is 4.90 Å². The fourth-order valence-corrected chi connectivity index (χ4v) is 7.82. The standard InChI is InChI=1S/C44H35N3O3/c1-26(2)28-16-13-17-29(27(3)4)42(28)47-43(48)40-36(45-32-18-7-5-14-30(32)31-15-6-8-19-33(31)45)24-25-37(41(40)44(47)49)46-34-20-9-11-22-38(34)50-39-23-12-10-21-35(39)46/h5-27H,1-4H3. The molecule has 0 aliphatic carbocycles. The molecule has 0 spiro atoms. The fourth-order valence-electron chi connectivity index (χ4n) is 7.82. The molecule has 2 aliphatic rings. The maximum Gasteiger partial charge on any atom is 0.268 e. The summed E-state index contributed by atoms with van der Waals surface area (Å²) in [6.45, 7) is 8.44. The van der Waals surface area contributed by atoms with Gasteiger partial charge in [0.2, 0.25) is 0 Å². The number of rotatable bonds is 5. The maximum atomic E-state index is 15.3. The number of fused-ring (bicyclic) bond motifs is 6. The van der Waals surface area contributed by atoms with Gasteiger partial charge in [-0.25, -0.2) is 4.90 Å². The number of para-hydroxylation sites is 7. The summed E-state index contributed by atoms with van der Waals surface area (Å²) in [5.41, 5.74) is 8.19. The van der Waals surface area contributed by atoms with Gasteiger partial charge in [0.25, 0.3) is 11.8 Å². The molecule has 6 nitrogen and oxygen atoms in total. The van der Waals surface area contributed by atoms with Crippen LogP contribution in [-0.2, 0) is 0 Å². The molecular formula is C44H35N3O3. The minimum absolute atomic E-state index is 0.0855. The summed E-state index contributed by atoms with van der Waals surface area (Å²) >= 11 is 0. The molecule has 2 amide bonds. The van der Waals surface area contributed by atoms with Crippen LogP contribution >= 0.6 is 0 Å². The monoisotopic (exact) mass is 653 g/mol. The minimum Gasteiger partial charge on any atom is -0.453 e. The Balaban J connectivity index is 1.39. The van der Waals surface area contributed by atoms with Crippen molar-refractivity contribution in [3.8, 4) is 17.2 Å². The number of amides is 2. The molecule has 7 aromatic rings. The third kappa shape index (κ3) is 4.21. The molecule has 6 heteroatoms. The molecular weight excluding hydrogens is 619 g/mol. The van der Waals surface area contributed by atoms with Gasteiger partial charge in [0.15, 0.2) is 11.5 Å². The van der Waals surface area contributed by atoms with Crippen LogP contribution in [-0.4, -0.2) is 16.4 Å². The molecule has 1 aromatic heterocycles. The van der Waals surface area contributed by atoms with E-state index in [1.54, 1.807) is 0 Å². The van der Waals surface area contributed by atoms with E-state index in [4.69, 9.17) is 4.74 Å². The number of aromatic nitrogens is 1. The second-order valence-corrected chi connectivity index (χ2v) is 13.6. The number of anilines is 4. The number of hydrogen-bond acceptors (Lipinski definition) is 4. The molecule has 50 heavy (non-hydrogen) atoms. The van der Waals surface area contributed by atoms with Crippen LogP contribution in [0.15, 0.2) is 127 Å². The van der Waals surface area contributed by atoms with E-state index in [2.05, 4.69) is 61.4 Å². The highest BCUT2D eigenvalue weighted by Crippen LogP contribution is 2.53. The van der Waals surface area contributed by atoms with Crippen molar-refractivity contribution >= 4 is 56.4 Å². The highest BCUT2D eigenvalue weighted by atomic mass is 16.5. The smallest absolute Gasteiger partial charge is 0.268 e. The number of imide groups is 1. The van der Waals surface area contributed by atoms with Crippen LogP contribution in [0.4, 0.5) is 22.7 Å². The second kappa shape index (κ2) is 11.2. The Labute approximate surface area is 290 Å². The van der Waals surface area contributed by atoms with Gasteiger partial charge in [-0.3, -0.25) is 9.59 Å². The average molecular weight is 654 g/mol. The third-order valence-corrected chi connectivity index (χ3v) is 10.1. The first-order valence-corrected chi connectivity index (χ1v) is 17.2. The lowest BCUT2D eigenvalue weighted by Gasteiger charge is -2.33. The number of nitrogens with zero attached hydrogens (tertiary/aromatic N) is 3. The van der Waals surface area contributed by atoms with Crippen molar-refractivity contribution in [1.29, 1.82) is 0 Å². The SMILES string of the molecule is CC(C)c1cccc(C(C)C)c1N1C(=O)c2c(N3c4ccccc4Oc4ccccc43)ccc(-n3c4ccccc4c4ccccc43)c2C1=O. The summed E-state index contributed by atoms with van der Waals surface area (Å²) in [5, 5.41) is 2.16. The van der Waals surface area contributed by atoms with E-state index in [0.29, 0.717) is 39.7 Å². The van der Waals surface area contributed by atoms with Gasteiger partial charge in [-0.05, 0) is 71.5 Å². The van der Waals surface area contributed by atoms with Crippen molar-refractivity contribution in [2.45, 2.75) is 39.5 Å². The summed E-state index contributed by atoms with van der Waals surface area (Å²) < 4.78 is 8.48. The maximum absolute atomic E-state index is 15.3. The second-order valence-electron chi connectivity index (χ2n) is 13.6. The van der Waals surface area contributed by atoms with Gasteiger partial charge in [0.1, 0.15) is 0 Å². The van der Waals surface area contributed by atoms with Gasteiger partial charge >= 0.3 is 0 Å². The molecule has 0 atom stereocenters. The zero-order valence-corrected chi connectivity index (χ0v) is 28.3. The normalized spacial score (nSPS) is 13.7. The Morgan fingerprint density at radius 3 is 1.46 bits per heavy atom. The van der Waals surface area contributed by atoms with E-state index >= 15 is 9.59 Å². The van der Waals surface area contributed by atoms with Crippen molar-refractivity contribution in [2.24, 2.45) is 0 Å². The molecule has 0 saturated carbocycles. The molecule has 2 aliphatic heterocycles. The molecule has 0 fully saturated rings. The van der Waals surface area contributed by atoms with Crippen LogP contribution in [0.25, 0.3) is 27.5 Å². The van der Waals surface area contributed by atoms with Crippen LogP contribution in [0, 0.1) is 0 Å². The summed E-state index contributed by atoms with van der Waals surface area (Å²) in [7, 11) is 0. The molecule has 0 radical (unpaired) electrons. The minimum atomic E-state index is -0.334. The Morgan fingerprint density at radius 1 is 0.460 bits per heavy atom. The van der Waals surface area contributed by atoms with E-state index in [1.807, 2.05) is 103 Å². The number of hydrogen-bond donors (Lipinski definition) is 0. The van der Waals surface area contributed by atoms with Gasteiger partial charge < -0.3 is 14.2 Å².